The van der Waals surface area contributed by atoms with E-state index >= 15 is 0 Å². The van der Waals surface area contributed by atoms with Crippen molar-refractivity contribution in [3.05, 3.63) is 89.4 Å². The van der Waals surface area contributed by atoms with Crippen LogP contribution >= 0.6 is 0 Å². The number of carbonyl (C=O) groups is 2. The van der Waals surface area contributed by atoms with Gasteiger partial charge >= 0.3 is 0 Å². The molecule has 3 aromatic rings. The van der Waals surface area contributed by atoms with Gasteiger partial charge in [-0.05, 0) is 42.7 Å². The highest BCUT2D eigenvalue weighted by molar-refractivity contribution is 6.46. The molecule has 8 heteroatoms. The van der Waals surface area contributed by atoms with E-state index in [9.17, 15) is 14.7 Å². The third kappa shape index (κ3) is 4.60. The Morgan fingerprint density at radius 3 is 2.22 bits per heavy atom. The number of ketones is 1. The summed E-state index contributed by atoms with van der Waals surface area (Å²) in [4.78, 5) is 30.8. The Hall–Kier alpha value is -4.04. The normalized spacial score (nSPS) is 20.4. The largest absolute Gasteiger partial charge is 0.506 e. The first kappa shape index (κ1) is 24.6. The summed E-state index contributed by atoms with van der Waals surface area (Å²) in [7, 11) is 2.94. The minimum absolute atomic E-state index is 0.0329. The van der Waals surface area contributed by atoms with Crippen LogP contribution in [0.1, 0.15) is 35.8 Å². The van der Waals surface area contributed by atoms with Gasteiger partial charge in [-0.2, -0.15) is 0 Å². The molecule has 0 radical (unpaired) electrons. The van der Waals surface area contributed by atoms with Gasteiger partial charge in [0.2, 0.25) is 0 Å². The fourth-order valence-corrected chi connectivity index (χ4v) is 5.37. The maximum Gasteiger partial charge on any atom is 0.296 e. The van der Waals surface area contributed by atoms with Crippen LogP contribution in [0.15, 0.2) is 76.9 Å². The zero-order valence-electron chi connectivity index (χ0n) is 20.9. The van der Waals surface area contributed by atoms with Crippen molar-refractivity contribution >= 4 is 17.4 Å². The van der Waals surface area contributed by atoms with E-state index in [1.54, 1.807) is 35.2 Å². The number of methoxy groups -OCH3 is 2. The van der Waals surface area contributed by atoms with Gasteiger partial charge in [0.15, 0.2) is 0 Å². The Labute approximate surface area is 215 Å². The molecule has 1 amide bonds. The van der Waals surface area contributed by atoms with Gasteiger partial charge in [-0.3, -0.25) is 14.5 Å². The summed E-state index contributed by atoms with van der Waals surface area (Å²) in [6, 6.07) is 17.7. The molecule has 0 bridgehead atoms. The number of Topliss-reactive ketones (excluding diaryl/α,β-unsaturated/α-hetero) is 1. The van der Waals surface area contributed by atoms with Crippen LogP contribution in [0.2, 0.25) is 0 Å². The second-order valence-corrected chi connectivity index (χ2v) is 9.25. The zero-order chi connectivity index (χ0) is 25.9. The van der Waals surface area contributed by atoms with Crippen molar-refractivity contribution in [3.63, 3.8) is 0 Å². The number of hydrogen-bond acceptors (Lipinski definition) is 7. The smallest absolute Gasteiger partial charge is 0.296 e. The molecule has 5 rings (SSSR count). The number of carbonyl (C=O) groups excluding carboxylic acids is 2. The Morgan fingerprint density at radius 2 is 1.62 bits per heavy atom. The van der Waals surface area contributed by atoms with Crippen LogP contribution in [0.3, 0.4) is 0 Å². The number of aliphatic hydroxyl groups excluding tert-OH is 1. The molecule has 2 aliphatic rings. The molecule has 2 fully saturated rings. The van der Waals surface area contributed by atoms with E-state index in [1.807, 2.05) is 18.2 Å². The lowest BCUT2D eigenvalue weighted by Crippen LogP contribution is -2.46. The second-order valence-electron chi connectivity index (χ2n) is 9.25. The first-order valence-corrected chi connectivity index (χ1v) is 12.3. The van der Waals surface area contributed by atoms with Crippen molar-refractivity contribution in [2.45, 2.75) is 31.5 Å². The van der Waals surface area contributed by atoms with Crippen LogP contribution in [0.5, 0.6) is 11.5 Å². The molecule has 3 heterocycles. The molecule has 1 N–H and O–H groups in total. The van der Waals surface area contributed by atoms with Gasteiger partial charge in [-0.25, -0.2) is 0 Å². The van der Waals surface area contributed by atoms with E-state index in [0.29, 0.717) is 30.1 Å². The minimum atomic E-state index is -0.852. The molecular formula is C29H30N2O6. The Balaban J connectivity index is 1.49. The van der Waals surface area contributed by atoms with Gasteiger partial charge in [0.1, 0.15) is 34.6 Å². The average molecular weight is 503 g/mol. The third-order valence-corrected chi connectivity index (χ3v) is 7.16. The van der Waals surface area contributed by atoms with Gasteiger partial charge in [0.05, 0.1) is 26.1 Å². The molecule has 2 saturated heterocycles. The molecular weight excluding hydrogens is 472 g/mol. The summed E-state index contributed by atoms with van der Waals surface area (Å²) < 4.78 is 16.6. The van der Waals surface area contributed by atoms with Crippen molar-refractivity contribution in [2.24, 2.45) is 0 Å². The maximum atomic E-state index is 13.5. The van der Waals surface area contributed by atoms with Crippen LogP contribution in [0.25, 0.3) is 5.76 Å². The predicted molar refractivity (Wildman–Crippen MR) is 137 cm³/mol. The number of amides is 1. The molecule has 2 aliphatic heterocycles. The molecule has 192 valence electrons. The lowest BCUT2D eigenvalue weighted by Gasteiger charge is -2.38. The van der Waals surface area contributed by atoms with Crippen LogP contribution in [0.4, 0.5) is 0 Å². The highest BCUT2D eigenvalue weighted by Crippen LogP contribution is 2.45. The first-order chi connectivity index (χ1) is 18.0. The number of furan rings is 1. The van der Waals surface area contributed by atoms with E-state index in [-0.39, 0.29) is 22.9 Å². The van der Waals surface area contributed by atoms with Crippen molar-refractivity contribution < 1.29 is 28.6 Å². The molecule has 0 spiro atoms. The molecule has 0 saturated carbocycles. The number of piperidine rings is 1. The van der Waals surface area contributed by atoms with Crippen molar-refractivity contribution in [3.8, 4) is 11.5 Å². The third-order valence-electron chi connectivity index (χ3n) is 7.16. The van der Waals surface area contributed by atoms with Crippen molar-refractivity contribution in [1.29, 1.82) is 0 Å². The summed E-state index contributed by atoms with van der Waals surface area (Å²) >= 11 is 0. The van der Waals surface area contributed by atoms with Gasteiger partial charge in [-0.1, -0.05) is 36.4 Å². The number of benzene rings is 2. The van der Waals surface area contributed by atoms with E-state index < -0.39 is 17.7 Å². The molecule has 1 atom stereocenters. The molecule has 0 aliphatic carbocycles. The summed E-state index contributed by atoms with van der Waals surface area (Å²) in [6.07, 6.45) is 2.91. The van der Waals surface area contributed by atoms with Crippen molar-refractivity contribution in [2.75, 3.05) is 27.3 Å². The number of hydrogen-bond donors (Lipinski definition) is 1. The second kappa shape index (κ2) is 10.5. The number of likely N-dealkylation sites (tertiary alicyclic amines) is 2. The summed E-state index contributed by atoms with van der Waals surface area (Å²) in [5.74, 6) is -0.665. The average Bonchev–Trinajstić information content (AvgIpc) is 3.55. The van der Waals surface area contributed by atoms with E-state index in [1.165, 1.54) is 26.0 Å². The lowest BCUT2D eigenvalue weighted by molar-refractivity contribution is -0.142. The highest BCUT2D eigenvalue weighted by atomic mass is 16.5. The Kier molecular flexibility index (Phi) is 7.01. The molecule has 1 aromatic heterocycles. The van der Waals surface area contributed by atoms with E-state index in [0.717, 1.165) is 19.6 Å². The van der Waals surface area contributed by atoms with Crippen LogP contribution in [-0.4, -0.2) is 59.9 Å². The van der Waals surface area contributed by atoms with Crippen molar-refractivity contribution in [1.82, 2.24) is 9.80 Å². The van der Waals surface area contributed by atoms with Gasteiger partial charge < -0.3 is 23.9 Å². The topological polar surface area (TPSA) is 92.4 Å². The lowest BCUT2D eigenvalue weighted by atomic mass is 9.96. The number of nitrogens with zero attached hydrogens (tertiary/aromatic N) is 2. The maximum absolute atomic E-state index is 13.5. The fraction of sp³-hybridized carbons (Fsp3) is 0.310. The quantitative estimate of drug-likeness (QED) is 0.291. The summed E-state index contributed by atoms with van der Waals surface area (Å²) in [6.45, 7) is 2.41. The monoisotopic (exact) mass is 502 g/mol. The SMILES string of the molecule is COc1cccc(OC)c1/C(O)=C1\C(=O)C(=O)N(C2CCN(Cc3ccccc3)CC2)C1c1ccco1. The molecule has 37 heavy (non-hydrogen) atoms. The van der Waals surface area contributed by atoms with Crippen LogP contribution in [0, 0.1) is 0 Å². The number of ether oxygens (including phenoxy) is 2. The Morgan fingerprint density at radius 1 is 0.946 bits per heavy atom. The predicted octanol–water partition coefficient (Wildman–Crippen LogP) is 4.38. The Bertz CT molecular complexity index is 1270. The zero-order valence-corrected chi connectivity index (χ0v) is 20.9. The van der Waals surface area contributed by atoms with E-state index in [2.05, 4.69) is 17.0 Å². The first-order valence-electron chi connectivity index (χ1n) is 12.3. The van der Waals surface area contributed by atoms with E-state index in [4.69, 9.17) is 13.9 Å². The fourth-order valence-electron chi connectivity index (χ4n) is 5.37. The van der Waals surface area contributed by atoms with Gasteiger partial charge in [0.25, 0.3) is 11.7 Å². The van der Waals surface area contributed by atoms with Gasteiger partial charge in [0, 0.05) is 25.7 Å². The number of aliphatic hydroxyl groups is 1. The summed E-state index contributed by atoms with van der Waals surface area (Å²) in [5.41, 5.74) is 1.43. The molecule has 8 nitrogen and oxygen atoms in total. The molecule has 2 aromatic carbocycles. The number of rotatable bonds is 7. The summed E-state index contributed by atoms with van der Waals surface area (Å²) in [5, 5.41) is 11.5. The highest BCUT2D eigenvalue weighted by Gasteiger charge is 2.50. The van der Waals surface area contributed by atoms with Crippen LogP contribution in [-0.2, 0) is 16.1 Å². The standard InChI is InChI=1S/C29H30N2O6/c1-35-21-10-6-11-22(36-2)24(21)27(32)25-26(23-12-7-17-37-23)31(29(34)28(25)33)20-13-15-30(16-14-20)18-19-8-4-3-5-9-19/h3-12,17,20,26,32H,13-16,18H2,1-2H3/b27-25+. The minimum Gasteiger partial charge on any atom is -0.506 e. The van der Waals surface area contributed by atoms with Crippen LogP contribution < -0.4 is 9.47 Å². The molecule has 1 unspecified atom stereocenters. The van der Waals surface area contributed by atoms with Gasteiger partial charge in [-0.15, -0.1) is 0 Å².